The first-order valence-electron chi connectivity index (χ1n) is 18.2. The van der Waals surface area contributed by atoms with Gasteiger partial charge in [0.25, 0.3) is 11.3 Å². The second-order valence-corrected chi connectivity index (χ2v) is 14.3. The van der Waals surface area contributed by atoms with Gasteiger partial charge < -0.3 is 44.2 Å². The van der Waals surface area contributed by atoms with Crippen LogP contribution in [0.5, 0.6) is 0 Å². The molecular formula is C36H46BF3N6O12. The van der Waals surface area contributed by atoms with Crippen LogP contribution in [-0.2, 0) is 23.5 Å². The number of nitrogens with two attached hydrogens (primary N) is 1. The predicted molar refractivity (Wildman–Crippen MR) is 204 cm³/mol. The van der Waals surface area contributed by atoms with E-state index in [-0.39, 0.29) is 35.6 Å². The Hall–Kier alpha value is -5.13. The lowest BCUT2D eigenvalue weighted by Crippen LogP contribution is -2.41. The Kier molecular flexibility index (Phi) is 15.7. The number of nitro groups is 2. The first-order chi connectivity index (χ1) is 27.3. The van der Waals surface area contributed by atoms with Crippen molar-refractivity contribution in [1.29, 1.82) is 0 Å². The number of ether oxygens (including phenoxy) is 3. The van der Waals surface area contributed by atoms with Crippen molar-refractivity contribution in [1.82, 2.24) is 14.5 Å². The highest BCUT2D eigenvalue weighted by Crippen LogP contribution is 2.39. The van der Waals surface area contributed by atoms with Crippen LogP contribution in [0.3, 0.4) is 0 Å². The maximum atomic E-state index is 13.2. The number of halogens is 3. The van der Waals surface area contributed by atoms with Crippen molar-refractivity contribution in [3.8, 4) is 0 Å². The second kappa shape index (κ2) is 20.0. The molecule has 5 aliphatic heterocycles. The lowest BCUT2D eigenvalue weighted by molar-refractivity contribution is -0.437. The minimum Gasteiger partial charge on any atom is -0.400 e. The average Bonchev–Trinajstić information content (AvgIpc) is 3.42. The first kappa shape index (κ1) is 45.6. The molecule has 0 spiro atoms. The molecule has 18 nitrogen and oxygen atoms in total. The van der Waals surface area contributed by atoms with Gasteiger partial charge in [-0.3, -0.25) is 34.4 Å². The number of anilines is 1. The van der Waals surface area contributed by atoms with E-state index in [1.54, 1.807) is 6.08 Å². The van der Waals surface area contributed by atoms with Gasteiger partial charge in [-0.15, -0.1) is 0 Å². The molecule has 1 unspecified atom stereocenters. The van der Waals surface area contributed by atoms with Gasteiger partial charge in [-0.2, -0.15) is 0 Å². The quantitative estimate of drug-likeness (QED) is 0.220. The minimum absolute atomic E-state index is 0.00394. The number of rotatable bonds is 5. The largest absolute Gasteiger partial charge is 0.490 e. The molecular weight excluding hydrogens is 776 g/mol. The molecule has 0 aromatic carbocycles. The predicted octanol–water partition coefficient (Wildman–Crippen LogP) is 3.92. The van der Waals surface area contributed by atoms with Crippen LogP contribution in [0.4, 0.5) is 24.5 Å². The fourth-order valence-electron chi connectivity index (χ4n) is 5.85. The zero-order valence-corrected chi connectivity index (χ0v) is 32.4. The third-order valence-corrected chi connectivity index (χ3v) is 9.74. The highest BCUT2D eigenvalue weighted by Gasteiger charge is 2.52. The van der Waals surface area contributed by atoms with E-state index >= 15 is 0 Å². The van der Waals surface area contributed by atoms with E-state index < -0.39 is 50.5 Å². The molecule has 2 aromatic heterocycles. The van der Waals surface area contributed by atoms with Gasteiger partial charge in [0.15, 0.2) is 0 Å². The van der Waals surface area contributed by atoms with Crippen LogP contribution in [0.15, 0.2) is 75.5 Å². The van der Waals surface area contributed by atoms with Crippen LogP contribution in [0.1, 0.15) is 59.4 Å². The first-order valence-corrected chi connectivity index (χ1v) is 18.2. The number of dihydropyridines is 1. The molecule has 2 saturated heterocycles. The molecule has 0 amide bonds. The molecule has 0 saturated carbocycles. The van der Waals surface area contributed by atoms with Gasteiger partial charge in [0, 0.05) is 56.0 Å². The molecule has 316 valence electrons. The summed E-state index contributed by atoms with van der Waals surface area (Å²) in [5.74, 6) is -2.07. The van der Waals surface area contributed by atoms with Crippen LogP contribution in [0.25, 0.3) is 5.70 Å². The molecule has 7 heterocycles. The summed E-state index contributed by atoms with van der Waals surface area (Å²) in [5.41, 5.74) is 4.14. The maximum absolute atomic E-state index is 13.2. The zero-order valence-electron chi connectivity index (χ0n) is 32.4. The smallest absolute Gasteiger partial charge is 0.400 e. The van der Waals surface area contributed by atoms with Gasteiger partial charge in [0.1, 0.15) is 23.1 Å². The fourth-order valence-corrected chi connectivity index (χ4v) is 5.85. The third kappa shape index (κ3) is 12.0. The average molecular weight is 823 g/mol. The van der Waals surface area contributed by atoms with E-state index in [1.165, 1.54) is 16.2 Å². The van der Waals surface area contributed by atoms with Crippen molar-refractivity contribution in [2.45, 2.75) is 76.9 Å². The maximum Gasteiger partial charge on any atom is 0.490 e. The third-order valence-electron chi connectivity index (χ3n) is 9.74. The SMILES string of the molecule is CC1(C)OB(C2=CCOCC2)OC1(C)C.Nc1cc(F)cn(C2CCOCC2)c1=O.O=[N+]([O-])C1=CC(F)=CNC1O.O=c1c([N+](=O)[O-])cc(F)cn1C1=CCOCC1. The molecule has 2 fully saturated rings. The van der Waals surface area contributed by atoms with Crippen molar-refractivity contribution in [2.24, 2.45) is 0 Å². The van der Waals surface area contributed by atoms with E-state index in [1.807, 2.05) is 0 Å². The Morgan fingerprint density at radius 1 is 0.862 bits per heavy atom. The van der Waals surface area contributed by atoms with Gasteiger partial charge in [0.2, 0.25) is 6.23 Å². The summed E-state index contributed by atoms with van der Waals surface area (Å²) in [7, 11) is -0.182. The van der Waals surface area contributed by atoms with Crippen LogP contribution < -0.4 is 22.2 Å². The van der Waals surface area contributed by atoms with E-state index in [2.05, 4.69) is 39.1 Å². The second-order valence-electron chi connectivity index (χ2n) is 14.3. The van der Waals surface area contributed by atoms with E-state index in [0.717, 1.165) is 48.9 Å². The van der Waals surface area contributed by atoms with Crippen molar-refractivity contribution < 1.29 is 51.6 Å². The van der Waals surface area contributed by atoms with Gasteiger partial charge in [-0.25, -0.2) is 13.2 Å². The number of allylic oxidation sites excluding steroid dienone is 2. The summed E-state index contributed by atoms with van der Waals surface area (Å²) in [6.45, 7) is 11.7. The number of aliphatic hydroxyl groups is 1. The summed E-state index contributed by atoms with van der Waals surface area (Å²) in [5, 5.41) is 31.5. The summed E-state index contributed by atoms with van der Waals surface area (Å²) in [6, 6.07) is 1.68. The number of aromatic nitrogens is 2. The number of nitrogens with zero attached hydrogens (tertiary/aromatic N) is 4. The van der Waals surface area contributed by atoms with Crippen LogP contribution in [0.2, 0.25) is 0 Å². The fraction of sp³-hybridized carbons (Fsp3) is 0.500. The Morgan fingerprint density at radius 2 is 1.47 bits per heavy atom. The van der Waals surface area contributed by atoms with Gasteiger partial charge in [0.05, 0.1) is 59.6 Å². The molecule has 2 aromatic rings. The number of aliphatic hydroxyl groups excluding tert-OH is 1. The van der Waals surface area contributed by atoms with Crippen molar-refractivity contribution >= 4 is 24.2 Å². The normalized spacial score (nSPS) is 21.1. The molecule has 0 aliphatic carbocycles. The molecule has 0 bridgehead atoms. The van der Waals surface area contributed by atoms with E-state index in [0.29, 0.717) is 57.3 Å². The van der Waals surface area contributed by atoms with E-state index in [4.69, 9.17) is 34.4 Å². The summed E-state index contributed by atoms with van der Waals surface area (Å²) >= 11 is 0. The molecule has 58 heavy (non-hydrogen) atoms. The Morgan fingerprint density at radius 3 is 2.00 bits per heavy atom. The van der Waals surface area contributed by atoms with Gasteiger partial charge >= 0.3 is 18.4 Å². The van der Waals surface area contributed by atoms with Crippen molar-refractivity contribution in [3.63, 3.8) is 0 Å². The van der Waals surface area contributed by atoms with Gasteiger partial charge in [-0.05, 0) is 58.5 Å². The highest BCUT2D eigenvalue weighted by molar-refractivity contribution is 6.54. The Labute approximate surface area is 330 Å². The topological polar surface area (TPSA) is 235 Å². The zero-order chi connectivity index (χ0) is 42.8. The monoisotopic (exact) mass is 822 g/mol. The van der Waals surface area contributed by atoms with Crippen LogP contribution in [-0.4, -0.2) is 88.3 Å². The molecule has 22 heteroatoms. The Bertz CT molecular complexity index is 2050. The lowest BCUT2D eigenvalue weighted by atomic mass is 9.75. The number of hydrogen-bond acceptors (Lipinski definition) is 14. The van der Waals surface area contributed by atoms with Crippen LogP contribution >= 0.6 is 0 Å². The van der Waals surface area contributed by atoms with E-state index in [9.17, 15) is 43.0 Å². The number of nitrogens with one attached hydrogen (secondary N) is 1. The van der Waals surface area contributed by atoms with Crippen molar-refractivity contribution in [3.05, 3.63) is 119 Å². The number of hydrogen-bond donors (Lipinski definition) is 3. The molecule has 1 atom stereocenters. The minimum atomic E-state index is -1.43. The molecule has 0 radical (unpaired) electrons. The molecule has 5 aliphatic rings. The molecule has 7 rings (SSSR count). The Balaban J connectivity index is 0.000000173. The number of pyridine rings is 2. The summed E-state index contributed by atoms with van der Waals surface area (Å²) < 4.78 is 68.3. The van der Waals surface area contributed by atoms with Gasteiger partial charge in [-0.1, -0.05) is 6.08 Å². The van der Waals surface area contributed by atoms with Crippen molar-refractivity contribution in [2.75, 3.05) is 45.4 Å². The highest BCUT2D eigenvalue weighted by atomic mass is 19.1. The molecule has 4 N–H and O–H groups in total. The standard InChI is InChI=1S/C11H19BO3.C10H9FN2O4.C10H13FN2O2.C5H5FN2O3/c1-10(2)11(3,4)15-12(14-10)9-5-7-13-8-6-9;11-7-5-9(13(15)16)10(14)12(6-7)8-1-3-17-4-2-8;11-7-5-9(12)10(14)13(6-7)8-1-3-15-4-2-8;6-3-1-4(8(10)11)5(9)7-2-3/h5H,6-8H2,1-4H3;1,5-6H,2-4H2;5-6,8H,1-4,12H2;1-2,5,7,9H. The van der Waals surface area contributed by atoms with Crippen LogP contribution in [0, 0.1) is 31.9 Å². The summed E-state index contributed by atoms with van der Waals surface area (Å²) in [4.78, 5) is 42.3. The lowest BCUT2D eigenvalue weighted by Gasteiger charge is -2.32. The number of nitrogen functional groups attached to an aromatic ring is 1. The summed E-state index contributed by atoms with van der Waals surface area (Å²) in [6.07, 6.45) is 8.73.